The number of phenolic OH excluding ortho intramolecular Hbond substituents is 8. The number of fused-ring (bicyclic) bond motifs is 5. The Morgan fingerprint density at radius 1 is 0.340 bits per heavy atom. The summed E-state index contributed by atoms with van der Waals surface area (Å²) in [5, 5.41) is 89.4. The van der Waals surface area contributed by atoms with Gasteiger partial charge in [-0.05, 0) is 22.8 Å². The van der Waals surface area contributed by atoms with E-state index in [2.05, 4.69) is 4.98 Å². The normalized spacial score (nSPS) is 11.7. The van der Waals surface area contributed by atoms with Crippen LogP contribution < -0.4 is 0 Å². The van der Waals surface area contributed by atoms with Gasteiger partial charge in [-0.25, -0.2) is 0 Å². The van der Waals surface area contributed by atoms with E-state index in [9.17, 15) is 40.9 Å². The van der Waals surface area contributed by atoms with Gasteiger partial charge in [-0.1, -0.05) is 91.0 Å². The zero-order valence-electron chi connectivity index (χ0n) is 24.3. The quantitative estimate of drug-likeness (QED) is 0.0536. The number of hydrogen-bond acceptors (Lipinski definition) is 8. The van der Waals surface area contributed by atoms with Crippen molar-refractivity contribution in [1.29, 1.82) is 0 Å². The zero-order valence-corrected chi connectivity index (χ0v) is 24.3. The number of H-pyrrole nitrogens is 1. The van der Waals surface area contributed by atoms with Crippen LogP contribution in [-0.2, 0) is 0 Å². The molecule has 0 spiro atoms. The summed E-state index contributed by atoms with van der Waals surface area (Å²) in [4.78, 5) is 3.49. The molecule has 9 N–H and O–H groups in total. The lowest BCUT2D eigenvalue weighted by Gasteiger charge is -2.22. The summed E-state index contributed by atoms with van der Waals surface area (Å²) in [5.41, 5.74) is 4.34. The summed E-state index contributed by atoms with van der Waals surface area (Å²) >= 11 is 0. The van der Waals surface area contributed by atoms with E-state index < -0.39 is 46.0 Å². The van der Waals surface area contributed by atoms with Crippen molar-refractivity contribution in [3.63, 3.8) is 0 Å². The number of aromatic hydroxyl groups is 8. The molecule has 0 atom stereocenters. The van der Waals surface area contributed by atoms with Crippen molar-refractivity contribution in [2.45, 2.75) is 0 Å². The van der Waals surface area contributed by atoms with Gasteiger partial charge in [-0.3, -0.25) is 0 Å². The second-order valence-electron chi connectivity index (χ2n) is 11.4. The van der Waals surface area contributed by atoms with Crippen molar-refractivity contribution >= 4 is 43.4 Å². The molecule has 0 fully saturated rings. The van der Waals surface area contributed by atoms with Gasteiger partial charge in [-0.2, -0.15) is 0 Å². The molecule has 8 rings (SSSR count). The van der Waals surface area contributed by atoms with Crippen molar-refractivity contribution in [2.75, 3.05) is 0 Å². The minimum absolute atomic E-state index is 0.00347. The van der Waals surface area contributed by atoms with Crippen LogP contribution in [0.5, 0.6) is 46.0 Å². The molecule has 0 aliphatic carbocycles. The van der Waals surface area contributed by atoms with E-state index >= 15 is 0 Å². The number of nitrogens with one attached hydrogen (secondary N) is 1. The van der Waals surface area contributed by atoms with E-state index in [1.165, 1.54) is 0 Å². The summed E-state index contributed by atoms with van der Waals surface area (Å²) in [6.45, 7) is 0. The van der Waals surface area contributed by atoms with Crippen LogP contribution >= 0.6 is 0 Å². The van der Waals surface area contributed by atoms with Gasteiger partial charge in [0.15, 0.2) is 23.0 Å². The molecule has 8 aromatic rings. The first kappa shape index (κ1) is 27.8. The second kappa shape index (κ2) is 9.88. The molecule has 0 aliphatic heterocycles. The Bertz CT molecular complexity index is 2510. The highest BCUT2D eigenvalue weighted by atomic mass is 16.4. The smallest absolute Gasteiger partial charge is 0.204 e. The van der Waals surface area contributed by atoms with Gasteiger partial charge < -0.3 is 45.8 Å². The van der Waals surface area contributed by atoms with Crippen LogP contribution in [0.25, 0.3) is 76.7 Å². The Kier molecular flexibility index (Phi) is 5.84. The van der Waals surface area contributed by atoms with Crippen LogP contribution in [0.1, 0.15) is 0 Å². The van der Waals surface area contributed by atoms with Crippen molar-refractivity contribution in [1.82, 2.24) is 4.98 Å². The predicted molar refractivity (Wildman–Crippen MR) is 180 cm³/mol. The summed E-state index contributed by atoms with van der Waals surface area (Å²) in [5.74, 6) is -7.30. The first-order chi connectivity index (χ1) is 22.7. The fourth-order valence-electron chi connectivity index (χ4n) is 6.73. The van der Waals surface area contributed by atoms with Gasteiger partial charge in [0.05, 0.1) is 5.52 Å². The number of phenols is 8. The average molecular weight is 624 g/mol. The largest absolute Gasteiger partial charge is 0.504 e. The number of aromatic nitrogens is 1. The van der Waals surface area contributed by atoms with Crippen LogP contribution in [0.4, 0.5) is 0 Å². The zero-order chi connectivity index (χ0) is 32.7. The fraction of sp³-hybridized carbons (Fsp3) is 0. The SMILES string of the molecule is Oc1c(O)c(O)c2c(-c3ccc(-c4cccc5c4[nH]c4ccccc45)cc3)c3c(O)c(O)c(O)c(O)c3c(-c3ccccc3)c2c1O. The van der Waals surface area contributed by atoms with Crippen LogP contribution in [0.2, 0.25) is 0 Å². The summed E-state index contributed by atoms with van der Waals surface area (Å²) in [6, 6.07) is 29.2. The van der Waals surface area contributed by atoms with Crippen molar-refractivity contribution in [3.8, 4) is 79.4 Å². The number of para-hydroxylation sites is 2. The van der Waals surface area contributed by atoms with Gasteiger partial charge in [0.2, 0.25) is 23.0 Å². The summed E-state index contributed by atoms with van der Waals surface area (Å²) in [7, 11) is 0. The number of rotatable bonds is 3. The molecule has 9 nitrogen and oxygen atoms in total. The highest BCUT2D eigenvalue weighted by molar-refractivity contribution is 6.28. The molecule has 1 aromatic heterocycles. The number of aromatic amines is 1. The van der Waals surface area contributed by atoms with Gasteiger partial charge in [0, 0.05) is 54.5 Å². The maximum absolute atomic E-state index is 11.4. The highest BCUT2D eigenvalue weighted by Crippen LogP contribution is 2.61. The van der Waals surface area contributed by atoms with Gasteiger partial charge in [0.1, 0.15) is 0 Å². The number of hydrogen-bond donors (Lipinski definition) is 9. The minimum Gasteiger partial charge on any atom is -0.504 e. The number of benzene rings is 7. The van der Waals surface area contributed by atoms with Crippen molar-refractivity contribution in [2.24, 2.45) is 0 Å². The van der Waals surface area contributed by atoms with Crippen LogP contribution in [-0.4, -0.2) is 45.8 Å². The summed E-state index contributed by atoms with van der Waals surface area (Å²) < 4.78 is 0. The van der Waals surface area contributed by atoms with E-state index in [-0.39, 0.29) is 32.7 Å². The topological polar surface area (TPSA) is 178 Å². The van der Waals surface area contributed by atoms with E-state index in [4.69, 9.17) is 0 Å². The van der Waals surface area contributed by atoms with Crippen LogP contribution in [0.15, 0.2) is 97.1 Å². The first-order valence-corrected chi connectivity index (χ1v) is 14.6. The maximum Gasteiger partial charge on any atom is 0.204 e. The molecule has 0 aliphatic rings. The lowest BCUT2D eigenvalue weighted by molar-refractivity contribution is 0.350. The maximum atomic E-state index is 11.4. The minimum atomic E-state index is -1.01. The molecule has 0 saturated heterocycles. The molecule has 0 amide bonds. The third-order valence-corrected chi connectivity index (χ3v) is 8.88. The van der Waals surface area contributed by atoms with E-state index in [1.54, 1.807) is 42.5 Å². The van der Waals surface area contributed by atoms with E-state index in [0.29, 0.717) is 11.1 Å². The monoisotopic (exact) mass is 623 g/mol. The molecule has 230 valence electrons. The second-order valence-corrected chi connectivity index (χ2v) is 11.4. The molecular formula is C38H25NO8. The van der Waals surface area contributed by atoms with Crippen molar-refractivity contribution in [3.05, 3.63) is 97.1 Å². The van der Waals surface area contributed by atoms with Gasteiger partial charge in [-0.15, -0.1) is 0 Å². The molecule has 0 radical (unpaired) electrons. The molecule has 7 aromatic carbocycles. The Hall–Kier alpha value is -6.74. The van der Waals surface area contributed by atoms with Gasteiger partial charge >= 0.3 is 0 Å². The Labute approximate surface area is 265 Å². The van der Waals surface area contributed by atoms with E-state index in [0.717, 1.165) is 32.9 Å². The fourth-order valence-corrected chi connectivity index (χ4v) is 6.73. The van der Waals surface area contributed by atoms with Gasteiger partial charge in [0.25, 0.3) is 0 Å². The Morgan fingerprint density at radius 3 is 1.30 bits per heavy atom. The molecule has 0 bridgehead atoms. The van der Waals surface area contributed by atoms with Crippen LogP contribution in [0.3, 0.4) is 0 Å². The Morgan fingerprint density at radius 2 is 0.766 bits per heavy atom. The molecule has 1 heterocycles. The average Bonchev–Trinajstić information content (AvgIpc) is 3.49. The standard InChI is InChI=1S/C38H25NO8/c40-31-26-24(18-7-2-1-3-8-18)27-29(34(43)38(47)36(45)32(27)41)25(28(26)33(42)37(46)35(31)44)19-15-13-17(14-16-19)20-10-6-11-22-21-9-4-5-12-23(21)39-30(20)22/h1-16,39-47H. The van der Waals surface area contributed by atoms with Crippen LogP contribution in [0, 0.1) is 0 Å². The molecule has 0 saturated carbocycles. The van der Waals surface area contributed by atoms with Crippen molar-refractivity contribution < 1.29 is 40.9 Å². The van der Waals surface area contributed by atoms with E-state index in [1.807, 2.05) is 54.6 Å². The Balaban J connectivity index is 1.50. The first-order valence-electron chi connectivity index (χ1n) is 14.6. The molecule has 47 heavy (non-hydrogen) atoms. The molecular weight excluding hydrogens is 598 g/mol. The molecule has 9 heteroatoms. The predicted octanol–water partition coefficient (Wildman–Crippen LogP) is 8.27. The summed E-state index contributed by atoms with van der Waals surface area (Å²) in [6.07, 6.45) is 0. The third-order valence-electron chi connectivity index (χ3n) is 8.88. The lowest BCUT2D eigenvalue weighted by Crippen LogP contribution is -1.94. The third kappa shape index (κ3) is 3.77. The lowest BCUT2D eigenvalue weighted by atomic mass is 9.83. The highest BCUT2D eigenvalue weighted by Gasteiger charge is 2.32. The molecule has 0 unspecified atom stereocenters.